The molecule has 2 aromatic carbocycles. The molecule has 0 saturated heterocycles. The summed E-state index contributed by atoms with van der Waals surface area (Å²) in [6, 6.07) is 16.9. The molecule has 1 amide bonds. The van der Waals surface area contributed by atoms with Gasteiger partial charge in [0.25, 0.3) is 16.1 Å². The number of amides is 1. The fraction of sp³-hybridized carbons (Fsp3) is 0.357. The van der Waals surface area contributed by atoms with Crippen LogP contribution in [0, 0.1) is 0 Å². The Balaban J connectivity index is 1.57. The minimum Gasteiger partial charge on any atom is -0.496 e. The lowest BCUT2D eigenvalue weighted by Crippen LogP contribution is -2.49. The molecule has 0 heterocycles. The van der Waals surface area contributed by atoms with Crippen molar-refractivity contribution in [3.63, 3.8) is 0 Å². The molecule has 0 spiro atoms. The molecule has 10 nitrogen and oxygen atoms in total. The van der Waals surface area contributed by atoms with Gasteiger partial charge in [-0.3, -0.25) is 9.79 Å². The summed E-state index contributed by atoms with van der Waals surface area (Å²) in [6.45, 7) is 4.15. The third kappa shape index (κ3) is 9.09. The highest BCUT2D eigenvalue weighted by Crippen LogP contribution is 2.39. The van der Waals surface area contributed by atoms with E-state index in [9.17, 15) is 13.2 Å². The van der Waals surface area contributed by atoms with Crippen LogP contribution in [0.2, 0.25) is 0 Å². The Hall–Kier alpha value is -3.38. The second-order valence-electron chi connectivity index (χ2n) is 9.46. The van der Waals surface area contributed by atoms with Gasteiger partial charge < -0.3 is 21.1 Å². The molecule has 0 bridgehead atoms. The van der Waals surface area contributed by atoms with E-state index in [2.05, 4.69) is 43.8 Å². The van der Waals surface area contributed by atoms with Crippen molar-refractivity contribution in [2.45, 2.75) is 37.1 Å². The first-order chi connectivity index (χ1) is 19.2. The molecule has 1 aliphatic rings. The molecule has 0 aromatic heterocycles. The summed E-state index contributed by atoms with van der Waals surface area (Å²) in [5, 5.41) is 6.00. The topological polar surface area (TPSA) is 147 Å². The maximum atomic E-state index is 13.0. The smallest absolute Gasteiger partial charge is 0.277 e. The lowest BCUT2D eigenvalue weighted by molar-refractivity contribution is 0.0932. The zero-order chi connectivity index (χ0) is 29.0. The van der Waals surface area contributed by atoms with E-state index >= 15 is 0 Å². The molecule has 1 aliphatic carbocycles. The summed E-state index contributed by atoms with van der Waals surface area (Å²) in [7, 11) is -2.21. The molecule has 1 saturated carbocycles. The zero-order valence-electron chi connectivity index (χ0n) is 22.5. The zero-order valence-corrected chi connectivity index (χ0v) is 24.1. The van der Waals surface area contributed by atoms with Crippen LogP contribution in [0.5, 0.6) is 5.75 Å². The van der Waals surface area contributed by atoms with Gasteiger partial charge in [-0.1, -0.05) is 66.7 Å². The Morgan fingerprint density at radius 2 is 1.85 bits per heavy atom. The number of para-hydroxylation sites is 1. The number of nitrogens with two attached hydrogens (primary N) is 1. The van der Waals surface area contributed by atoms with Crippen LogP contribution in [0.1, 0.15) is 41.6 Å². The van der Waals surface area contributed by atoms with Gasteiger partial charge in [0.15, 0.2) is 5.96 Å². The molecule has 0 radical (unpaired) electrons. The highest BCUT2D eigenvalue weighted by molar-refractivity contribution is 7.87. The number of allylic oxidation sites excluding steroid dienone is 2. The second-order valence-corrected chi connectivity index (χ2v) is 11.4. The van der Waals surface area contributed by atoms with Gasteiger partial charge >= 0.3 is 0 Å². The standard InChI is InChI=1S/C28H37ClN6O4S/c1-3-9-25(29)34-27(30)31-18-19-33-40(37,38)35-22-14-16-28(17-15-22,21-10-5-4-6-11-21)20-32-26(36)23-12-7-8-13-24(23)39-2/h3-13,22,33,35H,1,14-20H2,2H3,(H,32,36)(H3,30,31,34)/b25-9-. The first-order valence-electron chi connectivity index (χ1n) is 13.0. The molecule has 40 heavy (non-hydrogen) atoms. The van der Waals surface area contributed by atoms with E-state index in [0.717, 1.165) is 5.56 Å². The van der Waals surface area contributed by atoms with Crippen LogP contribution in [0.3, 0.4) is 0 Å². The van der Waals surface area contributed by atoms with Crippen LogP contribution in [0.25, 0.3) is 0 Å². The number of nitrogens with one attached hydrogen (secondary N) is 4. The normalized spacial score (nSPS) is 20.0. The number of hydrogen-bond donors (Lipinski definition) is 5. The Kier molecular flexibility index (Phi) is 11.6. The molecule has 2 aromatic rings. The van der Waals surface area contributed by atoms with E-state index in [-0.39, 0.29) is 41.6 Å². The van der Waals surface area contributed by atoms with Gasteiger partial charge in [-0.2, -0.15) is 13.1 Å². The average Bonchev–Trinajstić information content (AvgIpc) is 2.95. The summed E-state index contributed by atoms with van der Waals surface area (Å²) < 4.78 is 35.9. The molecule has 216 valence electrons. The third-order valence-electron chi connectivity index (χ3n) is 6.79. The summed E-state index contributed by atoms with van der Waals surface area (Å²) in [6.07, 6.45) is 5.63. The van der Waals surface area contributed by atoms with E-state index in [1.807, 2.05) is 24.3 Å². The van der Waals surface area contributed by atoms with Gasteiger partial charge in [-0.25, -0.2) is 4.72 Å². The van der Waals surface area contributed by atoms with E-state index < -0.39 is 10.2 Å². The van der Waals surface area contributed by atoms with Crippen molar-refractivity contribution < 1.29 is 17.9 Å². The number of rotatable bonds is 13. The van der Waals surface area contributed by atoms with Crippen LogP contribution in [-0.2, 0) is 15.6 Å². The van der Waals surface area contributed by atoms with Crippen LogP contribution < -0.4 is 30.5 Å². The maximum absolute atomic E-state index is 13.0. The van der Waals surface area contributed by atoms with E-state index in [1.54, 1.807) is 18.2 Å². The Bertz CT molecular complexity index is 1310. The minimum absolute atomic E-state index is 0.0656. The minimum atomic E-state index is -3.75. The van der Waals surface area contributed by atoms with Crippen molar-refractivity contribution >= 4 is 33.7 Å². The summed E-state index contributed by atoms with van der Waals surface area (Å²) in [5.41, 5.74) is 6.98. The predicted molar refractivity (Wildman–Crippen MR) is 160 cm³/mol. The number of aliphatic imine (C=N–C) groups is 1. The van der Waals surface area contributed by atoms with Crippen molar-refractivity contribution in [3.8, 4) is 5.75 Å². The highest BCUT2D eigenvalue weighted by Gasteiger charge is 2.38. The number of carbonyl (C=O) groups is 1. The van der Waals surface area contributed by atoms with Crippen LogP contribution >= 0.6 is 11.6 Å². The lowest BCUT2D eigenvalue weighted by Gasteiger charge is -2.41. The van der Waals surface area contributed by atoms with E-state index in [1.165, 1.54) is 19.3 Å². The fourth-order valence-corrected chi connectivity index (χ4v) is 6.05. The number of ether oxygens (including phenoxy) is 1. The molecule has 12 heteroatoms. The molecular formula is C28H37ClN6O4S. The summed E-state index contributed by atoms with van der Waals surface area (Å²) in [4.78, 5) is 17.1. The molecule has 3 rings (SSSR count). The SMILES string of the molecule is C=C/C=C(/Cl)NC(N)=NCCNS(=O)(=O)NC1CCC(CNC(=O)c2ccccc2OC)(c2ccccc2)CC1. The van der Waals surface area contributed by atoms with Gasteiger partial charge in [0.05, 0.1) is 19.2 Å². The van der Waals surface area contributed by atoms with Gasteiger partial charge in [0.2, 0.25) is 0 Å². The number of hydrogen-bond acceptors (Lipinski definition) is 5. The first kappa shape index (κ1) is 31.2. The van der Waals surface area contributed by atoms with Gasteiger partial charge in [0.1, 0.15) is 10.9 Å². The number of carbonyl (C=O) groups excluding carboxylic acids is 1. The molecule has 0 unspecified atom stereocenters. The van der Waals surface area contributed by atoms with Gasteiger partial charge in [-0.15, -0.1) is 0 Å². The first-order valence-corrected chi connectivity index (χ1v) is 14.8. The lowest BCUT2D eigenvalue weighted by atomic mass is 9.68. The number of benzene rings is 2. The summed E-state index contributed by atoms with van der Waals surface area (Å²) >= 11 is 5.88. The number of nitrogens with zero attached hydrogens (tertiary/aromatic N) is 1. The van der Waals surface area contributed by atoms with Gasteiger partial charge in [0, 0.05) is 24.5 Å². The van der Waals surface area contributed by atoms with Gasteiger partial charge in [-0.05, 0) is 49.5 Å². The Morgan fingerprint density at radius 1 is 1.18 bits per heavy atom. The monoisotopic (exact) mass is 588 g/mol. The van der Waals surface area contributed by atoms with Crippen molar-refractivity contribution in [1.82, 2.24) is 20.1 Å². The Morgan fingerprint density at radius 3 is 2.52 bits per heavy atom. The molecule has 1 fully saturated rings. The number of halogens is 1. The third-order valence-corrected chi connectivity index (χ3v) is 8.24. The van der Waals surface area contributed by atoms with Crippen molar-refractivity contribution in [2.75, 3.05) is 26.7 Å². The number of guanidine groups is 1. The summed E-state index contributed by atoms with van der Waals surface area (Å²) in [5.74, 6) is 0.368. The average molecular weight is 589 g/mol. The molecule has 6 N–H and O–H groups in total. The number of methoxy groups -OCH3 is 1. The van der Waals surface area contributed by atoms with E-state index in [0.29, 0.717) is 43.5 Å². The molecule has 0 atom stereocenters. The largest absolute Gasteiger partial charge is 0.496 e. The second kappa shape index (κ2) is 14.8. The quantitative estimate of drug-likeness (QED) is 0.0799. The molecular weight excluding hydrogens is 552 g/mol. The van der Waals surface area contributed by atoms with Crippen molar-refractivity contribution in [2.24, 2.45) is 10.7 Å². The predicted octanol–water partition coefficient (Wildman–Crippen LogP) is 2.90. The van der Waals surface area contributed by atoms with Crippen molar-refractivity contribution in [3.05, 3.63) is 89.6 Å². The molecule has 0 aliphatic heterocycles. The van der Waals surface area contributed by atoms with E-state index in [4.69, 9.17) is 22.1 Å². The van der Waals surface area contributed by atoms with Crippen LogP contribution in [-0.4, -0.2) is 53.1 Å². The highest BCUT2D eigenvalue weighted by atomic mass is 35.5. The maximum Gasteiger partial charge on any atom is 0.277 e. The Labute approximate surface area is 241 Å². The fourth-order valence-electron chi connectivity index (χ4n) is 4.75. The van der Waals surface area contributed by atoms with Crippen molar-refractivity contribution in [1.29, 1.82) is 0 Å². The van der Waals surface area contributed by atoms with Crippen LogP contribution in [0.15, 0.2) is 83.5 Å². The van der Waals surface area contributed by atoms with Crippen LogP contribution in [0.4, 0.5) is 0 Å².